The van der Waals surface area contributed by atoms with Crippen LogP contribution in [0.4, 0.5) is 16.2 Å². The van der Waals surface area contributed by atoms with Crippen LogP contribution in [-0.4, -0.2) is 35.8 Å². The maximum Gasteiger partial charge on any atom is 0.414 e. The minimum Gasteiger partial charge on any atom is -0.449 e. The molecule has 2 aromatic rings. The first-order chi connectivity index (χ1) is 11.7. The van der Waals surface area contributed by atoms with E-state index >= 15 is 0 Å². The van der Waals surface area contributed by atoms with Crippen molar-refractivity contribution in [1.29, 1.82) is 0 Å². The van der Waals surface area contributed by atoms with Gasteiger partial charge in [0.25, 0.3) is 0 Å². The van der Waals surface area contributed by atoms with Gasteiger partial charge < -0.3 is 14.6 Å². The highest BCUT2D eigenvalue weighted by atomic mass is 16.6. The van der Waals surface area contributed by atoms with Crippen LogP contribution in [0.3, 0.4) is 0 Å². The Labute approximate surface area is 142 Å². The highest BCUT2D eigenvalue weighted by Crippen LogP contribution is 2.33. The van der Waals surface area contributed by atoms with Crippen molar-refractivity contribution < 1.29 is 9.53 Å². The maximum absolute atomic E-state index is 12.2. The molecular formula is C18H24N4O2. The molecule has 0 saturated carbocycles. The van der Waals surface area contributed by atoms with Crippen molar-refractivity contribution in [1.82, 2.24) is 9.97 Å². The van der Waals surface area contributed by atoms with Gasteiger partial charge in [0.05, 0.1) is 25.2 Å². The number of fused-ring (bicyclic) bond motifs is 1. The van der Waals surface area contributed by atoms with E-state index in [9.17, 15) is 4.79 Å². The number of amides is 1. The number of aromatic nitrogens is 2. The normalized spacial score (nSPS) is 13.0. The molecule has 0 radical (unpaired) electrons. The van der Waals surface area contributed by atoms with E-state index in [0.717, 1.165) is 37.3 Å². The number of anilines is 2. The monoisotopic (exact) mass is 328 g/mol. The minimum absolute atomic E-state index is 0.281. The van der Waals surface area contributed by atoms with Crippen molar-refractivity contribution in [2.75, 3.05) is 29.5 Å². The van der Waals surface area contributed by atoms with E-state index in [-0.39, 0.29) is 6.09 Å². The Morgan fingerprint density at radius 1 is 1.42 bits per heavy atom. The molecule has 6 nitrogen and oxygen atoms in total. The molecule has 1 amide bonds. The molecule has 0 bridgehead atoms. The van der Waals surface area contributed by atoms with Crippen molar-refractivity contribution in [2.45, 2.75) is 33.2 Å². The van der Waals surface area contributed by atoms with Gasteiger partial charge in [-0.2, -0.15) is 0 Å². The molecule has 0 aliphatic carbocycles. The number of rotatable bonds is 6. The van der Waals surface area contributed by atoms with Crippen molar-refractivity contribution in [3.63, 3.8) is 0 Å². The number of ether oxygens (including phenoxy) is 1. The molecule has 0 unspecified atom stereocenters. The predicted octanol–water partition coefficient (Wildman–Crippen LogP) is 3.35. The number of H-pyrrole nitrogens is 1. The summed E-state index contributed by atoms with van der Waals surface area (Å²) in [7, 11) is 0. The second-order valence-electron chi connectivity index (χ2n) is 5.90. The average Bonchev–Trinajstić information content (AvgIpc) is 3.24. The summed E-state index contributed by atoms with van der Waals surface area (Å²) in [5.41, 5.74) is 4.39. The number of carbonyl (C=O) groups excluding carboxylic acids is 1. The quantitative estimate of drug-likeness (QED) is 0.883. The van der Waals surface area contributed by atoms with Crippen molar-refractivity contribution >= 4 is 17.5 Å². The van der Waals surface area contributed by atoms with Crippen molar-refractivity contribution in [2.24, 2.45) is 0 Å². The van der Waals surface area contributed by atoms with Gasteiger partial charge in [-0.1, -0.05) is 13.0 Å². The number of nitrogens with one attached hydrogen (secondary N) is 1. The summed E-state index contributed by atoms with van der Waals surface area (Å²) in [6.45, 7) is 6.73. The van der Waals surface area contributed by atoms with Crippen LogP contribution in [0.15, 0.2) is 30.7 Å². The third-order valence-electron chi connectivity index (χ3n) is 4.25. The zero-order valence-electron chi connectivity index (χ0n) is 14.3. The van der Waals surface area contributed by atoms with Gasteiger partial charge in [0.1, 0.15) is 0 Å². The molecule has 0 fully saturated rings. The molecular weight excluding hydrogens is 304 g/mol. The highest BCUT2D eigenvalue weighted by molar-refractivity contribution is 5.88. The molecule has 1 aliphatic rings. The minimum atomic E-state index is -0.281. The number of hydrogen-bond donors (Lipinski definition) is 1. The Morgan fingerprint density at radius 3 is 3.00 bits per heavy atom. The average molecular weight is 328 g/mol. The molecule has 0 saturated heterocycles. The van der Waals surface area contributed by atoms with E-state index in [1.807, 2.05) is 26.1 Å². The van der Waals surface area contributed by atoms with Gasteiger partial charge in [0, 0.05) is 30.7 Å². The summed E-state index contributed by atoms with van der Waals surface area (Å²) in [6, 6.07) is 6.21. The Bertz CT molecular complexity index is 684. The van der Waals surface area contributed by atoms with E-state index in [1.54, 1.807) is 11.2 Å². The number of carbonyl (C=O) groups is 1. The van der Waals surface area contributed by atoms with E-state index in [4.69, 9.17) is 4.74 Å². The summed E-state index contributed by atoms with van der Waals surface area (Å²) in [4.78, 5) is 23.5. The fraction of sp³-hybridized carbons (Fsp3) is 0.444. The maximum atomic E-state index is 12.2. The summed E-state index contributed by atoms with van der Waals surface area (Å²) < 4.78 is 5.29. The smallest absolute Gasteiger partial charge is 0.414 e. The number of aromatic amines is 1. The molecule has 3 rings (SSSR count). The van der Waals surface area contributed by atoms with Gasteiger partial charge in [0.15, 0.2) is 0 Å². The van der Waals surface area contributed by atoms with Crippen LogP contribution in [0.5, 0.6) is 0 Å². The molecule has 6 heteroatoms. The van der Waals surface area contributed by atoms with Gasteiger partial charge in [-0.25, -0.2) is 9.78 Å². The zero-order chi connectivity index (χ0) is 16.9. The van der Waals surface area contributed by atoms with Crippen LogP contribution in [0.2, 0.25) is 0 Å². The summed E-state index contributed by atoms with van der Waals surface area (Å²) in [5.74, 6) is 0. The van der Waals surface area contributed by atoms with Gasteiger partial charge in [-0.05, 0) is 37.5 Å². The molecule has 24 heavy (non-hydrogen) atoms. The largest absolute Gasteiger partial charge is 0.449 e. The Kier molecular flexibility index (Phi) is 5.03. The topological polar surface area (TPSA) is 61.5 Å². The summed E-state index contributed by atoms with van der Waals surface area (Å²) in [5, 5.41) is 0. The Balaban J connectivity index is 1.80. The van der Waals surface area contributed by atoms with Gasteiger partial charge >= 0.3 is 6.09 Å². The lowest BCUT2D eigenvalue weighted by Gasteiger charge is -2.23. The SMILES string of the molecule is CCCOC(=O)N(CC)c1ccc2c(c1)N(Cc1c[nH]cn1)CC2. The number of hydrogen-bond acceptors (Lipinski definition) is 4. The fourth-order valence-corrected chi connectivity index (χ4v) is 3.02. The highest BCUT2D eigenvalue weighted by Gasteiger charge is 2.23. The first kappa shape index (κ1) is 16.4. The second kappa shape index (κ2) is 7.38. The third kappa shape index (κ3) is 3.37. The first-order valence-electron chi connectivity index (χ1n) is 8.52. The standard InChI is InChI=1S/C18H24N4O2/c1-3-9-24-18(23)22(4-2)16-6-5-14-7-8-21(17(14)10-16)12-15-11-19-13-20-15/h5-6,10-11,13H,3-4,7-9,12H2,1-2H3,(H,19,20). The number of benzene rings is 1. The number of imidazole rings is 1. The molecule has 0 atom stereocenters. The molecule has 1 aliphatic heterocycles. The second-order valence-corrected chi connectivity index (χ2v) is 5.90. The van der Waals surface area contributed by atoms with Gasteiger partial charge in [0.2, 0.25) is 0 Å². The fourth-order valence-electron chi connectivity index (χ4n) is 3.02. The third-order valence-corrected chi connectivity index (χ3v) is 4.25. The molecule has 0 spiro atoms. The van der Waals surface area contributed by atoms with Crippen LogP contribution in [0.25, 0.3) is 0 Å². The lowest BCUT2D eigenvalue weighted by atomic mass is 10.1. The lowest BCUT2D eigenvalue weighted by molar-refractivity contribution is 0.154. The van der Waals surface area contributed by atoms with Crippen LogP contribution in [0.1, 0.15) is 31.5 Å². The van der Waals surface area contributed by atoms with Crippen LogP contribution in [0, 0.1) is 0 Å². The molecule has 128 valence electrons. The zero-order valence-corrected chi connectivity index (χ0v) is 14.3. The Morgan fingerprint density at radius 2 is 2.29 bits per heavy atom. The van der Waals surface area contributed by atoms with Crippen LogP contribution < -0.4 is 9.80 Å². The van der Waals surface area contributed by atoms with Gasteiger partial charge in [-0.3, -0.25) is 4.90 Å². The first-order valence-corrected chi connectivity index (χ1v) is 8.52. The molecule has 1 N–H and O–H groups in total. The summed E-state index contributed by atoms with van der Waals surface area (Å²) >= 11 is 0. The number of nitrogens with zero attached hydrogens (tertiary/aromatic N) is 3. The van der Waals surface area contributed by atoms with Crippen molar-refractivity contribution in [3.8, 4) is 0 Å². The molecule has 1 aromatic carbocycles. The molecule has 1 aromatic heterocycles. The van der Waals surface area contributed by atoms with Crippen LogP contribution in [-0.2, 0) is 17.7 Å². The lowest BCUT2D eigenvalue weighted by Crippen LogP contribution is -2.31. The van der Waals surface area contributed by atoms with Crippen LogP contribution >= 0.6 is 0 Å². The van der Waals surface area contributed by atoms with E-state index in [1.165, 1.54) is 11.3 Å². The predicted molar refractivity (Wildman–Crippen MR) is 94.4 cm³/mol. The molecule has 2 heterocycles. The van der Waals surface area contributed by atoms with E-state index in [2.05, 4.69) is 27.0 Å². The van der Waals surface area contributed by atoms with Gasteiger partial charge in [-0.15, -0.1) is 0 Å². The van der Waals surface area contributed by atoms with Crippen molar-refractivity contribution in [3.05, 3.63) is 42.0 Å². The Hall–Kier alpha value is -2.50. The summed E-state index contributed by atoms with van der Waals surface area (Å²) in [6.07, 6.45) is 5.18. The van der Waals surface area contributed by atoms with E-state index in [0.29, 0.717) is 13.2 Å². The van der Waals surface area contributed by atoms with E-state index < -0.39 is 0 Å².